The van der Waals surface area contributed by atoms with E-state index in [9.17, 15) is 13.2 Å². The van der Waals surface area contributed by atoms with Gasteiger partial charge in [0.25, 0.3) is 0 Å². The minimum Gasteiger partial charge on any atom is -0.197 e. The molecule has 1 unspecified atom stereocenters. The van der Waals surface area contributed by atoms with E-state index < -0.39 is 11.6 Å². The lowest BCUT2D eigenvalue weighted by atomic mass is 9.85. The highest BCUT2D eigenvalue weighted by Gasteiger charge is 2.50. The van der Waals surface area contributed by atoms with E-state index in [1.54, 1.807) is 0 Å². The van der Waals surface area contributed by atoms with Gasteiger partial charge in [0, 0.05) is 0 Å². The van der Waals surface area contributed by atoms with Gasteiger partial charge in [-0.1, -0.05) is 36.8 Å². The normalized spacial score (nSPS) is 14.8. The third-order valence-corrected chi connectivity index (χ3v) is 3.11. The lowest BCUT2D eigenvalue weighted by molar-refractivity contribution is -0.199. The molecule has 0 aromatic heterocycles. The van der Waals surface area contributed by atoms with E-state index in [1.807, 2.05) is 30.3 Å². The second-order valence-corrected chi connectivity index (χ2v) is 4.63. The van der Waals surface area contributed by atoms with Crippen molar-refractivity contribution in [3.05, 3.63) is 35.9 Å². The third-order valence-electron chi connectivity index (χ3n) is 3.11. The largest absolute Gasteiger partial charge is 0.406 e. The highest BCUT2D eigenvalue weighted by molar-refractivity contribution is 5.14. The van der Waals surface area contributed by atoms with E-state index in [-0.39, 0.29) is 6.42 Å². The van der Waals surface area contributed by atoms with Gasteiger partial charge in [0.2, 0.25) is 0 Å². The maximum Gasteiger partial charge on any atom is 0.406 e. The molecule has 1 rings (SSSR count). The van der Waals surface area contributed by atoms with Crippen LogP contribution in [0.3, 0.4) is 0 Å². The van der Waals surface area contributed by atoms with Crippen LogP contribution in [-0.4, -0.2) is 6.18 Å². The first-order chi connectivity index (χ1) is 8.39. The van der Waals surface area contributed by atoms with E-state index >= 15 is 0 Å². The van der Waals surface area contributed by atoms with Crippen LogP contribution < -0.4 is 0 Å². The molecule has 0 amide bonds. The molecule has 0 N–H and O–H groups in total. The van der Waals surface area contributed by atoms with Gasteiger partial charge in [0.15, 0.2) is 0 Å². The summed E-state index contributed by atoms with van der Waals surface area (Å²) in [5.74, 6) is 0. The first-order valence-corrected chi connectivity index (χ1v) is 5.91. The van der Waals surface area contributed by atoms with E-state index in [2.05, 4.69) is 0 Å². The zero-order valence-corrected chi connectivity index (χ0v) is 10.3. The maximum atomic E-state index is 12.6. The number of alkyl halides is 3. The van der Waals surface area contributed by atoms with Gasteiger partial charge in [-0.15, -0.1) is 0 Å². The Labute approximate surface area is 105 Å². The van der Waals surface area contributed by atoms with Crippen molar-refractivity contribution >= 4 is 0 Å². The summed E-state index contributed by atoms with van der Waals surface area (Å²) in [6.07, 6.45) is -2.77. The first-order valence-electron chi connectivity index (χ1n) is 5.91. The number of unbranched alkanes of at least 4 members (excludes halogenated alkanes) is 1. The van der Waals surface area contributed by atoms with Gasteiger partial charge < -0.3 is 0 Å². The first kappa shape index (κ1) is 14.6. The van der Waals surface area contributed by atoms with Crippen LogP contribution in [-0.2, 0) is 6.42 Å². The number of rotatable bonds is 5. The lowest BCUT2D eigenvalue weighted by Gasteiger charge is -2.24. The summed E-state index contributed by atoms with van der Waals surface area (Å²) in [5.41, 5.74) is -1.10. The van der Waals surface area contributed by atoms with Gasteiger partial charge in [-0.05, 0) is 31.7 Å². The summed E-state index contributed by atoms with van der Waals surface area (Å²) in [7, 11) is 0. The molecular formula is C14H16F3N. The van der Waals surface area contributed by atoms with Crippen molar-refractivity contribution in [1.29, 1.82) is 5.26 Å². The minimum atomic E-state index is -4.45. The number of hydrogen-bond acceptors (Lipinski definition) is 1. The molecular weight excluding hydrogens is 239 g/mol. The van der Waals surface area contributed by atoms with Gasteiger partial charge in [-0.25, -0.2) is 0 Å². The van der Waals surface area contributed by atoms with E-state index in [4.69, 9.17) is 5.26 Å². The number of aryl methyl sites for hydroxylation is 1. The number of benzene rings is 1. The Bertz CT molecular complexity index is 405. The molecule has 0 aliphatic rings. The fourth-order valence-corrected chi connectivity index (χ4v) is 1.71. The van der Waals surface area contributed by atoms with Crippen LogP contribution in [0.1, 0.15) is 31.7 Å². The van der Waals surface area contributed by atoms with Crippen molar-refractivity contribution in [3.63, 3.8) is 0 Å². The molecule has 1 aromatic rings. The van der Waals surface area contributed by atoms with E-state index in [0.29, 0.717) is 12.8 Å². The summed E-state index contributed by atoms with van der Waals surface area (Å²) in [5, 5.41) is 8.67. The fraction of sp³-hybridized carbons (Fsp3) is 0.500. The van der Waals surface area contributed by atoms with Crippen molar-refractivity contribution in [2.45, 2.75) is 38.8 Å². The zero-order valence-electron chi connectivity index (χ0n) is 10.3. The van der Waals surface area contributed by atoms with Crippen molar-refractivity contribution < 1.29 is 13.2 Å². The van der Waals surface area contributed by atoms with Crippen LogP contribution in [0.5, 0.6) is 0 Å². The van der Waals surface area contributed by atoms with Gasteiger partial charge >= 0.3 is 6.18 Å². The Morgan fingerprint density at radius 1 is 1.11 bits per heavy atom. The van der Waals surface area contributed by atoms with Crippen LogP contribution in [0, 0.1) is 16.7 Å². The second kappa shape index (κ2) is 5.90. The molecule has 1 atom stereocenters. The molecule has 1 aromatic carbocycles. The Morgan fingerprint density at radius 2 is 1.72 bits per heavy atom. The SMILES string of the molecule is CC(C#N)(CCCCc1ccccc1)C(F)(F)F. The smallest absolute Gasteiger partial charge is 0.197 e. The lowest BCUT2D eigenvalue weighted by Crippen LogP contribution is -2.33. The van der Waals surface area contributed by atoms with Crippen molar-refractivity contribution in [1.82, 2.24) is 0 Å². The predicted molar refractivity (Wildman–Crippen MR) is 63.8 cm³/mol. The maximum absolute atomic E-state index is 12.6. The van der Waals surface area contributed by atoms with Crippen LogP contribution in [0.25, 0.3) is 0 Å². The number of nitriles is 1. The zero-order chi connectivity index (χ0) is 13.6. The molecule has 0 radical (unpaired) electrons. The Morgan fingerprint density at radius 3 is 2.22 bits per heavy atom. The van der Waals surface area contributed by atoms with Gasteiger partial charge in [-0.3, -0.25) is 0 Å². The summed E-state index contributed by atoms with van der Waals surface area (Å²) < 4.78 is 37.9. The minimum absolute atomic E-state index is 0.139. The van der Waals surface area contributed by atoms with Gasteiger partial charge in [0.05, 0.1) is 6.07 Å². The summed E-state index contributed by atoms with van der Waals surface area (Å²) in [6, 6.07) is 11.0. The summed E-state index contributed by atoms with van der Waals surface area (Å²) >= 11 is 0. The van der Waals surface area contributed by atoms with E-state index in [0.717, 1.165) is 18.9 Å². The monoisotopic (exact) mass is 255 g/mol. The Kier molecular flexibility index (Phi) is 4.77. The van der Waals surface area contributed by atoms with Crippen LogP contribution in [0.15, 0.2) is 30.3 Å². The molecule has 0 spiro atoms. The Hall–Kier alpha value is -1.50. The van der Waals surface area contributed by atoms with Crippen molar-refractivity contribution in [3.8, 4) is 6.07 Å². The molecule has 18 heavy (non-hydrogen) atoms. The fourth-order valence-electron chi connectivity index (χ4n) is 1.71. The van der Waals surface area contributed by atoms with Gasteiger partial charge in [0.1, 0.15) is 5.41 Å². The standard InChI is InChI=1S/C14H16F3N/c1-13(11-18,14(15,16)17)10-6-5-9-12-7-3-2-4-8-12/h2-4,7-8H,5-6,9-10H2,1H3. The number of halogens is 3. The van der Waals surface area contributed by atoms with Crippen LogP contribution in [0.2, 0.25) is 0 Å². The highest BCUT2D eigenvalue weighted by Crippen LogP contribution is 2.41. The average Bonchev–Trinajstić information content (AvgIpc) is 2.34. The Balaban J connectivity index is 2.40. The molecule has 0 aliphatic carbocycles. The number of nitrogens with zero attached hydrogens (tertiary/aromatic N) is 1. The van der Waals surface area contributed by atoms with Crippen LogP contribution >= 0.6 is 0 Å². The molecule has 0 heterocycles. The third kappa shape index (κ3) is 3.76. The molecule has 0 bridgehead atoms. The second-order valence-electron chi connectivity index (χ2n) is 4.63. The molecule has 0 aliphatic heterocycles. The molecule has 0 fully saturated rings. The average molecular weight is 255 g/mol. The van der Waals surface area contributed by atoms with Crippen LogP contribution in [0.4, 0.5) is 13.2 Å². The molecule has 1 nitrogen and oxygen atoms in total. The predicted octanol–water partition coefficient (Wildman–Crippen LogP) is 4.49. The molecule has 0 saturated heterocycles. The highest BCUT2D eigenvalue weighted by atomic mass is 19.4. The van der Waals surface area contributed by atoms with E-state index in [1.165, 1.54) is 6.07 Å². The van der Waals surface area contributed by atoms with Crippen molar-refractivity contribution in [2.75, 3.05) is 0 Å². The molecule has 4 heteroatoms. The topological polar surface area (TPSA) is 23.8 Å². The number of hydrogen-bond donors (Lipinski definition) is 0. The molecule has 98 valence electrons. The van der Waals surface area contributed by atoms with Crippen molar-refractivity contribution in [2.24, 2.45) is 5.41 Å². The quantitative estimate of drug-likeness (QED) is 0.711. The molecule has 0 saturated carbocycles. The summed E-state index contributed by atoms with van der Waals surface area (Å²) in [4.78, 5) is 0. The summed E-state index contributed by atoms with van der Waals surface area (Å²) in [6.45, 7) is 0.968. The van der Waals surface area contributed by atoms with Gasteiger partial charge in [-0.2, -0.15) is 18.4 Å².